The molecule has 1 heterocycles. The fourth-order valence-electron chi connectivity index (χ4n) is 3.44. The maximum atomic E-state index is 12.6. The average Bonchev–Trinajstić information content (AvgIpc) is 2.48. The van der Waals surface area contributed by atoms with Crippen molar-refractivity contribution in [3.05, 3.63) is 34.9 Å². The number of hydrogen-bond donors (Lipinski definition) is 0. The van der Waals surface area contributed by atoms with Crippen LogP contribution in [0.15, 0.2) is 24.3 Å². The maximum absolute atomic E-state index is 12.6. The van der Waals surface area contributed by atoms with Crippen LogP contribution >= 0.6 is 11.6 Å². The largest absolute Gasteiger partial charge is 0.337 e. The van der Waals surface area contributed by atoms with Gasteiger partial charge in [0, 0.05) is 49.8 Å². The van der Waals surface area contributed by atoms with E-state index >= 15 is 0 Å². The van der Waals surface area contributed by atoms with Crippen molar-refractivity contribution in [1.82, 2.24) is 14.7 Å². The minimum absolute atomic E-state index is 0.239. The molecule has 1 aromatic carbocycles. The predicted molar refractivity (Wildman–Crippen MR) is 100 cm³/mol. The van der Waals surface area contributed by atoms with E-state index in [9.17, 15) is 4.79 Å². The van der Waals surface area contributed by atoms with Crippen molar-refractivity contribution >= 4 is 17.5 Å². The van der Waals surface area contributed by atoms with Gasteiger partial charge in [-0.15, -0.1) is 0 Å². The fourth-order valence-corrected chi connectivity index (χ4v) is 3.66. The second kappa shape index (κ2) is 8.84. The first kappa shape index (κ1) is 19.2. The molecule has 1 aliphatic heterocycles. The quantitative estimate of drug-likeness (QED) is 0.788. The van der Waals surface area contributed by atoms with Gasteiger partial charge in [0.1, 0.15) is 0 Å². The van der Waals surface area contributed by atoms with E-state index in [2.05, 4.69) is 43.6 Å². The van der Waals surface area contributed by atoms with E-state index in [0.717, 1.165) is 37.7 Å². The first-order valence-corrected chi connectivity index (χ1v) is 9.25. The summed E-state index contributed by atoms with van der Waals surface area (Å²) in [6.07, 6.45) is 0. The molecule has 1 aromatic rings. The summed E-state index contributed by atoms with van der Waals surface area (Å²) in [5, 5.41) is 0.791. The van der Waals surface area contributed by atoms with Gasteiger partial charge in [-0.1, -0.05) is 23.7 Å². The Morgan fingerprint density at radius 2 is 1.67 bits per heavy atom. The zero-order valence-corrected chi connectivity index (χ0v) is 16.1. The van der Waals surface area contributed by atoms with Gasteiger partial charge in [0.25, 0.3) is 0 Å². The summed E-state index contributed by atoms with van der Waals surface area (Å²) in [5.41, 5.74) is 1.25. The number of piperazine rings is 1. The lowest BCUT2D eigenvalue weighted by Crippen LogP contribution is -2.52. The lowest BCUT2D eigenvalue weighted by atomic mass is 10.2. The smallest absolute Gasteiger partial charge is 0.237 e. The molecule has 0 saturated carbocycles. The minimum Gasteiger partial charge on any atom is -0.337 e. The second-order valence-corrected chi connectivity index (χ2v) is 7.61. The zero-order valence-electron chi connectivity index (χ0n) is 15.3. The Morgan fingerprint density at radius 1 is 1.08 bits per heavy atom. The number of nitrogens with zero attached hydrogens (tertiary/aromatic N) is 3. The van der Waals surface area contributed by atoms with Crippen LogP contribution in [0.4, 0.5) is 0 Å². The van der Waals surface area contributed by atoms with E-state index in [0.29, 0.717) is 6.54 Å². The average molecular weight is 352 g/mol. The van der Waals surface area contributed by atoms with Crippen molar-refractivity contribution in [1.29, 1.82) is 0 Å². The van der Waals surface area contributed by atoms with E-state index in [-0.39, 0.29) is 18.0 Å². The fraction of sp³-hybridized carbons (Fsp3) is 0.632. The molecule has 0 N–H and O–H groups in total. The third kappa shape index (κ3) is 5.47. The Kier molecular flexibility index (Phi) is 7.08. The van der Waals surface area contributed by atoms with Crippen LogP contribution in [-0.4, -0.2) is 65.4 Å². The molecule has 134 valence electrons. The molecule has 2 rings (SSSR count). The van der Waals surface area contributed by atoms with Crippen molar-refractivity contribution in [2.45, 2.75) is 46.3 Å². The van der Waals surface area contributed by atoms with Crippen LogP contribution in [0.1, 0.15) is 33.3 Å². The Balaban J connectivity index is 1.81. The second-order valence-electron chi connectivity index (χ2n) is 7.17. The monoisotopic (exact) mass is 351 g/mol. The molecule has 4 nitrogen and oxygen atoms in total. The van der Waals surface area contributed by atoms with Gasteiger partial charge in [-0.25, -0.2) is 0 Å². The topological polar surface area (TPSA) is 26.8 Å². The molecule has 1 amide bonds. The van der Waals surface area contributed by atoms with E-state index in [4.69, 9.17) is 11.6 Å². The van der Waals surface area contributed by atoms with Gasteiger partial charge in [0.15, 0.2) is 0 Å². The molecular formula is C19H30ClN3O. The Labute approximate surface area is 151 Å². The maximum Gasteiger partial charge on any atom is 0.237 e. The molecule has 0 unspecified atom stereocenters. The molecule has 0 spiro atoms. The Bertz CT molecular complexity index is 531. The highest BCUT2D eigenvalue weighted by atomic mass is 35.5. The van der Waals surface area contributed by atoms with E-state index in [1.165, 1.54) is 5.56 Å². The number of hydrogen-bond acceptors (Lipinski definition) is 3. The van der Waals surface area contributed by atoms with Gasteiger partial charge in [0.05, 0.1) is 6.54 Å². The van der Waals surface area contributed by atoms with Crippen LogP contribution in [-0.2, 0) is 11.3 Å². The van der Waals surface area contributed by atoms with Crippen molar-refractivity contribution in [3.8, 4) is 0 Å². The molecular weight excluding hydrogens is 322 g/mol. The van der Waals surface area contributed by atoms with Crippen LogP contribution in [0.3, 0.4) is 0 Å². The van der Waals surface area contributed by atoms with Crippen molar-refractivity contribution in [2.75, 3.05) is 32.7 Å². The van der Waals surface area contributed by atoms with Gasteiger partial charge in [-0.3, -0.25) is 14.6 Å². The van der Waals surface area contributed by atoms with Crippen LogP contribution in [0, 0.1) is 0 Å². The summed E-state index contributed by atoms with van der Waals surface area (Å²) >= 11 is 6.05. The minimum atomic E-state index is 0.239. The van der Waals surface area contributed by atoms with Crippen LogP contribution in [0.2, 0.25) is 5.02 Å². The molecule has 5 heteroatoms. The molecule has 24 heavy (non-hydrogen) atoms. The third-order valence-corrected chi connectivity index (χ3v) is 4.75. The molecule has 1 fully saturated rings. The highest BCUT2D eigenvalue weighted by molar-refractivity contribution is 6.30. The molecule has 0 radical (unpaired) electrons. The van der Waals surface area contributed by atoms with Gasteiger partial charge in [0.2, 0.25) is 5.91 Å². The summed E-state index contributed by atoms with van der Waals surface area (Å²) in [6, 6.07) is 8.55. The third-order valence-electron chi connectivity index (χ3n) is 4.52. The highest BCUT2D eigenvalue weighted by Gasteiger charge is 2.24. The van der Waals surface area contributed by atoms with Gasteiger partial charge in [-0.05, 0) is 45.4 Å². The van der Waals surface area contributed by atoms with Gasteiger partial charge >= 0.3 is 0 Å². The molecule has 0 aliphatic carbocycles. The van der Waals surface area contributed by atoms with Crippen molar-refractivity contribution in [2.24, 2.45) is 0 Å². The lowest BCUT2D eigenvalue weighted by molar-refractivity contribution is -0.136. The number of amides is 1. The van der Waals surface area contributed by atoms with E-state index in [1.54, 1.807) is 0 Å². The number of benzene rings is 1. The van der Waals surface area contributed by atoms with Crippen LogP contribution in [0.5, 0.6) is 0 Å². The number of carbonyl (C=O) groups excluding carboxylic acids is 1. The highest BCUT2D eigenvalue weighted by Crippen LogP contribution is 2.14. The summed E-state index contributed by atoms with van der Waals surface area (Å²) in [7, 11) is 0. The van der Waals surface area contributed by atoms with E-state index in [1.807, 2.05) is 23.1 Å². The lowest BCUT2D eigenvalue weighted by Gasteiger charge is -2.37. The molecule has 1 aliphatic rings. The summed E-state index contributed by atoms with van der Waals surface area (Å²) in [6.45, 7) is 13.6. The van der Waals surface area contributed by atoms with Crippen LogP contribution in [0.25, 0.3) is 0 Å². The number of carbonyl (C=O) groups is 1. The first-order valence-electron chi connectivity index (χ1n) is 8.87. The molecule has 0 bridgehead atoms. The molecule has 0 aromatic heterocycles. The standard InChI is InChI=1S/C19H30ClN3O/c1-15(2)23(16(3)4)19(24)14-22-10-8-21(9-11-22)13-17-6-5-7-18(20)12-17/h5-7,12,15-16H,8-11,13-14H2,1-4H3. The predicted octanol–water partition coefficient (Wildman–Crippen LogP) is 3.10. The molecule has 1 saturated heterocycles. The van der Waals surface area contributed by atoms with Crippen molar-refractivity contribution in [3.63, 3.8) is 0 Å². The first-order chi connectivity index (χ1) is 11.4. The summed E-state index contributed by atoms with van der Waals surface area (Å²) in [4.78, 5) is 19.2. The Morgan fingerprint density at radius 3 is 2.21 bits per heavy atom. The summed E-state index contributed by atoms with van der Waals surface area (Å²) < 4.78 is 0. The zero-order chi connectivity index (χ0) is 17.7. The van der Waals surface area contributed by atoms with Crippen molar-refractivity contribution < 1.29 is 4.79 Å². The number of halogens is 1. The molecule has 0 atom stereocenters. The van der Waals surface area contributed by atoms with Crippen LogP contribution < -0.4 is 0 Å². The summed E-state index contributed by atoms with van der Waals surface area (Å²) in [5.74, 6) is 0.239. The van der Waals surface area contributed by atoms with E-state index < -0.39 is 0 Å². The SMILES string of the molecule is CC(C)N(C(=O)CN1CCN(Cc2cccc(Cl)c2)CC1)C(C)C. The normalized spacial score (nSPS) is 16.8. The number of rotatable bonds is 6. The van der Waals surface area contributed by atoms with Gasteiger partial charge < -0.3 is 4.90 Å². The Hall–Kier alpha value is -1.10. The van der Waals surface area contributed by atoms with Gasteiger partial charge in [-0.2, -0.15) is 0 Å².